The molecule has 1 N–H and O–H groups in total. The van der Waals surface area contributed by atoms with Crippen molar-refractivity contribution in [1.82, 2.24) is 5.32 Å². The second-order valence-electron chi connectivity index (χ2n) is 5.07. The Labute approximate surface area is 123 Å². The summed E-state index contributed by atoms with van der Waals surface area (Å²) >= 11 is 6.46. The molecule has 1 rings (SSSR count). The third-order valence-electron chi connectivity index (χ3n) is 3.85. The predicted molar refractivity (Wildman–Crippen MR) is 86.3 cm³/mol. The van der Waals surface area contributed by atoms with Crippen molar-refractivity contribution >= 4 is 17.3 Å². The number of halogens is 1. The van der Waals surface area contributed by atoms with E-state index in [4.69, 9.17) is 11.6 Å². The normalized spacial score (nSPS) is 12.8. The predicted octanol–water partition coefficient (Wildman–Crippen LogP) is 4.64. The van der Waals surface area contributed by atoms with E-state index in [2.05, 4.69) is 63.2 Å². The molecule has 1 aromatic carbocycles. The molecule has 0 heterocycles. The molecule has 2 nitrogen and oxygen atoms in total. The largest absolute Gasteiger partial charge is 0.370 e. The number of hydrogen-bond donors (Lipinski definition) is 1. The summed E-state index contributed by atoms with van der Waals surface area (Å²) in [6, 6.07) is 7.30. The second kappa shape index (κ2) is 7.76. The Morgan fingerprint density at radius 1 is 1.21 bits per heavy atom. The topological polar surface area (TPSA) is 15.3 Å². The summed E-state index contributed by atoms with van der Waals surface area (Å²) in [5.74, 6) is 0. The van der Waals surface area contributed by atoms with Gasteiger partial charge in [-0.05, 0) is 44.0 Å². The van der Waals surface area contributed by atoms with Crippen molar-refractivity contribution in [2.24, 2.45) is 0 Å². The zero-order chi connectivity index (χ0) is 14.4. The van der Waals surface area contributed by atoms with E-state index in [0.717, 1.165) is 30.1 Å². The summed E-state index contributed by atoms with van der Waals surface area (Å²) in [6.07, 6.45) is 2.28. The van der Waals surface area contributed by atoms with Crippen molar-refractivity contribution in [3.05, 3.63) is 28.8 Å². The van der Waals surface area contributed by atoms with Crippen LogP contribution < -0.4 is 10.2 Å². The summed E-state index contributed by atoms with van der Waals surface area (Å²) in [5, 5.41) is 4.25. The van der Waals surface area contributed by atoms with E-state index >= 15 is 0 Å². The summed E-state index contributed by atoms with van der Waals surface area (Å²) in [7, 11) is 2.13. The molecule has 0 fully saturated rings. The van der Waals surface area contributed by atoms with Gasteiger partial charge in [0.25, 0.3) is 0 Å². The van der Waals surface area contributed by atoms with Crippen molar-refractivity contribution < 1.29 is 0 Å². The van der Waals surface area contributed by atoms with Gasteiger partial charge in [-0.3, -0.25) is 0 Å². The lowest BCUT2D eigenvalue weighted by atomic mass is 10.1. The van der Waals surface area contributed by atoms with Gasteiger partial charge in [0, 0.05) is 19.1 Å². The zero-order valence-corrected chi connectivity index (χ0v) is 13.6. The van der Waals surface area contributed by atoms with Crippen LogP contribution in [0.4, 0.5) is 5.69 Å². The molecule has 0 aliphatic rings. The standard InChI is InChI=1S/C16H27ClN2/c1-6-14(7-2)19(5)16-10-9-13(11-15(16)17)12(4)18-8-3/h9-12,14,18H,6-8H2,1-5H3. The van der Waals surface area contributed by atoms with E-state index in [0.29, 0.717) is 12.1 Å². The van der Waals surface area contributed by atoms with Crippen LogP contribution in [0.2, 0.25) is 5.02 Å². The van der Waals surface area contributed by atoms with Gasteiger partial charge in [0.2, 0.25) is 0 Å². The number of nitrogens with zero attached hydrogens (tertiary/aromatic N) is 1. The number of nitrogens with one attached hydrogen (secondary N) is 1. The average molecular weight is 283 g/mol. The van der Waals surface area contributed by atoms with E-state index in [1.807, 2.05) is 0 Å². The number of anilines is 1. The summed E-state index contributed by atoms with van der Waals surface area (Å²) < 4.78 is 0. The molecule has 0 bridgehead atoms. The molecule has 0 aliphatic heterocycles. The third kappa shape index (κ3) is 4.12. The van der Waals surface area contributed by atoms with Crippen LogP contribution in [0, 0.1) is 0 Å². The molecule has 108 valence electrons. The van der Waals surface area contributed by atoms with Crippen molar-refractivity contribution in [3.63, 3.8) is 0 Å². The smallest absolute Gasteiger partial charge is 0.0642 e. The number of benzene rings is 1. The minimum Gasteiger partial charge on any atom is -0.370 e. The lowest BCUT2D eigenvalue weighted by Crippen LogP contribution is -2.30. The maximum atomic E-state index is 6.46. The molecule has 0 saturated carbocycles. The van der Waals surface area contributed by atoms with E-state index < -0.39 is 0 Å². The third-order valence-corrected chi connectivity index (χ3v) is 4.15. The number of rotatable bonds is 7. The molecule has 0 radical (unpaired) electrons. The van der Waals surface area contributed by atoms with E-state index in [-0.39, 0.29) is 0 Å². The van der Waals surface area contributed by atoms with Gasteiger partial charge in [0.1, 0.15) is 0 Å². The van der Waals surface area contributed by atoms with Crippen molar-refractivity contribution in [2.75, 3.05) is 18.5 Å². The fraction of sp³-hybridized carbons (Fsp3) is 0.625. The highest BCUT2D eigenvalue weighted by atomic mass is 35.5. The molecule has 0 amide bonds. The van der Waals surface area contributed by atoms with Crippen LogP contribution in [0.15, 0.2) is 18.2 Å². The van der Waals surface area contributed by atoms with E-state index in [1.165, 1.54) is 5.56 Å². The van der Waals surface area contributed by atoms with E-state index in [9.17, 15) is 0 Å². The minimum atomic E-state index is 0.343. The Kier molecular flexibility index (Phi) is 6.67. The van der Waals surface area contributed by atoms with Gasteiger partial charge in [-0.1, -0.05) is 38.4 Å². The van der Waals surface area contributed by atoms with Crippen LogP contribution in [0.3, 0.4) is 0 Å². The lowest BCUT2D eigenvalue weighted by Gasteiger charge is -2.29. The molecule has 1 aromatic rings. The van der Waals surface area contributed by atoms with Gasteiger partial charge in [-0.15, -0.1) is 0 Å². The van der Waals surface area contributed by atoms with Crippen LogP contribution in [0.5, 0.6) is 0 Å². The summed E-state index contributed by atoms with van der Waals surface area (Å²) in [4.78, 5) is 2.30. The number of hydrogen-bond acceptors (Lipinski definition) is 2. The maximum absolute atomic E-state index is 6.46. The summed E-state index contributed by atoms with van der Waals surface area (Å²) in [6.45, 7) is 9.70. The van der Waals surface area contributed by atoms with Crippen LogP contribution in [-0.4, -0.2) is 19.6 Å². The SMILES string of the molecule is CCNC(C)c1ccc(N(C)C(CC)CC)c(Cl)c1. The van der Waals surface area contributed by atoms with Gasteiger partial charge >= 0.3 is 0 Å². The molecule has 1 atom stereocenters. The van der Waals surface area contributed by atoms with Gasteiger partial charge in [0.05, 0.1) is 10.7 Å². The molecule has 0 saturated heterocycles. The molecule has 0 aliphatic carbocycles. The van der Waals surface area contributed by atoms with Crippen LogP contribution >= 0.6 is 11.6 Å². The molecular formula is C16H27ClN2. The van der Waals surface area contributed by atoms with Gasteiger partial charge in [-0.25, -0.2) is 0 Å². The molecule has 0 aromatic heterocycles. The first-order valence-electron chi connectivity index (χ1n) is 7.30. The average Bonchev–Trinajstić information content (AvgIpc) is 2.40. The first-order chi connectivity index (χ1) is 9.04. The van der Waals surface area contributed by atoms with Crippen LogP contribution in [-0.2, 0) is 0 Å². The van der Waals surface area contributed by atoms with Gasteiger partial charge in [0.15, 0.2) is 0 Å². The highest BCUT2D eigenvalue weighted by Gasteiger charge is 2.15. The second-order valence-corrected chi connectivity index (χ2v) is 5.48. The highest BCUT2D eigenvalue weighted by Crippen LogP contribution is 2.30. The Balaban J connectivity index is 2.93. The monoisotopic (exact) mass is 282 g/mol. The molecule has 19 heavy (non-hydrogen) atoms. The Bertz CT molecular complexity index is 388. The van der Waals surface area contributed by atoms with Crippen molar-refractivity contribution in [3.8, 4) is 0 Å². The Morgan fingerprint density at radius 3 is 2.32 bits per heavy atom. The van der Waals surface area contributed by atoms with E-state index in [1.54, 1.807) is 0 Å². The summed E-state index contributed by atoms with van der Waals surface area (Å²) in [5.41, 5.74) is 2.37. The Morgan fingerprint density at radius 2 is 1.84 bits per heavy atom. The van der Waals surface area contributed by atoms with Gasteiger partial charge in [-0.2, -0.15) is 0 Å². The Hall–Kier alpha value is -0.730. The van der Waals surface area contributed by atoms with Gasteiger partial charge < -0.3 is 10.2 Å². The van der Waals surface area contributed by atoms with Crippen LogP contribution in [0.1, 0.15) is 52.1 Å². The quantitative estimate of drug-likeness (QED) is 0.784. The molecular weight excluding hydrogens is 256 g/mol. The fourth-order valence-electron chi connectivity index (χ4n) is 2.54. The van der Waals surface area contributed by atoms with Crippen molar-refractivity contribution in [1.29, 1.82) is 0 Å². The fourth-order valence-corrected chi connectivity index (χ4v) is 2.86. The highest BCUT2D eigenvalue weighted by molar-refractivity contribution is 6.33. The molecule has 0 spiro atoms. The first kappa shape index (κ1) is 16.3. The lowest BCUT2D eigenvalue weighted by molar-refractivity contribution is 0.589. The molecule has 3 heteroatoms. The van der Waals surface area contributed by atoms with Crippen molar-refractivity contribution in [2.45, 2.75) is 52.6 Å². The maximum Gasteiger partial charge on any atom is 0.0642 e. The molecule has 1 unspecified atom stereocenters. The minimum absolute atomic E-state index is 0.343. The van der Waals surface area contributed by atoms with Crippen LogP contribution in [0.25, 0.3) is 0 Å². The first-order valence-corrected chi connectivity index (χ1v) is 7.68. The zero-order valence-electron chi connectivity index (χ0n) is 12.8.